The number of carbonyl (C=O) groups excluding carboxylic acids is 1. The summed E-state index contributed by atoms with van der Waals surface area (Å²) < 4.78 is 11.4. The molecule has 0 bridgehead atoms. The van der Waals surface area contributed by atoms with Crippen molar-refractivity contribution in [3.05, 3.63) is 46.4 Å². The maximum Gasteiger partial charge on any atom is 0.338 e. The lowest BCUT2D eigenvalue weighted by Gasteiger charge is -2.06. The number of carbonyl (C=O) groups is 1. The topological polar surface area (TPSA) is 57.0 Å². The third kappa shape index (κ3) is 2.20. The molecule has 5 heteroatoms. The molecule has 94 valence electrons. The summed E-state index contributed by atoms with van der Waals surface area (Å²) in [7, 11) is 1.54. The highest BCUT2D eigenvalue weighted by Gasteiger charge is 2.09. The van der Waals surface area contributed by atoms with E-state index in [-0.39, 0.29) is 17.7 Å². The van der Waals surface area contributed by atoms with Crippen LogP contribution in [0.15, 0.2) is 35.3 Å². The Labute approximate surface area is 104 Å². The van der Waals surface area contributed by atoms with Crippen molar-refractivity contribution < 1.29 is 14.3 Å². The number of hydrogen-bond donors (Lipinski definition) is 0. The summed E-state index contributed by atoms with van der Waals surface area (Å²) in [6, 6.07) is 6.22. The highest BCUT2D eigenvalue weighted by molar-refractivity contribution is 5.90. The quantitative estimate of drug-likeness (QED) is 0.771. The van der Waals surface area contributed by atoms with Crippen LogP contribution in [0.2, 0.25) is 0 Å². The molecule has 5 nitrogen and oxygen atoms in total. The fraction of sp³-hybridized carbons (Fsp3) is 0.231. The van der Waals surface area contributed by atoms with E-state index in [1.165, 1.54) is 10.5 Å². The van der Waals surface area contributed by atoms with Crippen molar-refractivity contribution in [3.63, 3.8) is 0 Å². The van der Waals surface area contributed by atoms with E-state index in [4.69, 9.17) is 9.47 Å². The van der Waals surface area contributed by atoms with Gasteiger partial charge in [-0.15, -0.1) is 0 Å². The zero-order valence-corrected chi connectivity index (χ0v) is 10.2. The van der Waals surface area contributed by atoms with Gasteiger partial charge in [0.25, 0.3) is 5.56 Å². The standard InChI is InChI=1S/C13H13NO4/c1-3-18-13(16)9-6-10-8-11(17-2)4-5-14(10)12(15)7-9/h4-8H,3H2,1-2H3. The number of esters is 1. The fourth-order valence-corrected chi connectivity index (χ4v) is 1.67. The van der Waals surface area contributed by atoms with E-state index in [2.05, 4.69) is 0 Å². The minimum absolute atomic E-state index is 0.245. The van der Waals surface area contributed by atoms with Crippen LogP contribution in [0.1, 0.15) is 17.3 Å². The number of nitrogens with zero attached hydrogens (tertiary/aromatic N) is 1. The molecule has 18 heavy (non-hydrogen) atoms. The van der Waals surface area contributed by atoms with Crippen LogP contribution < -0.4 is 10.3 Å². The first kappa shape index (κ1) is 12.2. The molecule has 0 atom stereocenters. The number of hydrogen-bond acceptors (Lipinski definition) is 4. The SMILES string of the molecule is CCOC(=O)c1cc(=O)n2ccc(OC)cc2c1. The number of rotatable bonds is 3. The Morgan fingerprint density at radius 3 is 2.78 bits per heavy atom. The minimum atomic E-state index is -0.500. The molecule has 2 rings (SSSR count). The van der Waals surface area contributed by atoms with Gasteiger partial charge in [-0.25, -0.2) is 4.79 Å². The maximum atomic E-state index is 11.8. The molecule has 2 aromatic heterocycles. The van der Waals surface area contributed by atoms with Crippen LogP contribution in [-0.4, -0.2) is 24.1 Å². The largest absolute Gasteiger partial charge is 0.497 e. The van der Waals surface area contributed by atoms with Crippen LogP contribution in [-0.2, 0) is 4.74 Å². The number of ether oxygens (including phenoxy) is 2. The van der Waals surface area contributed by atoms with Crippen molar-refractivity contribution in [3.8, 4) is 5.75 Å². The monoisotopic (exact) mass is 247 g/mol. The molecule has 0 spiro atoms. The van der Waals surface area contributed by atoms with E-state index in [1.807, 2.05) is 0 Å². The molecule has 0 aliphatic heterocycles. The van der Waals surface area contributed by atoms with Gasteiger partial charge in [-0.2, -0.15) is 0 Å². The van der Waals surface area contributed by atoms with Gasteiger partial charge < -0.3 is 9.47 Å². The van der Waals surface area contributed by atoms with E-state index in [1.54, 1.807) is 38.4 Å². The van der Waals surface area contributed by atoms with Crippen LogP contribution in [0.4, 0.5) is 0 Å². The molecule has 0 saturated carbocycles. The van der Waals surface area contributed by atoms with Gasteiger partial charge in [-0.05, 0) is 19.1 Å². The molecule has 0 amide bonds. The lowest BCUT2D eigenvalue weighted by Crippen LogP contribution is -2.16. The molecule has 0 aliphatic rings. The first-order chi connectivity index (χ1) is 8.65. The highest BCUT2D eigenvalue weighted by atomic mass is 16.5. The molecule has 0 saturated heterocycles. The fourth-order valence-electron chi connectivity index (χ4n) is 1.67. The lowest BCUT2D eigenvalue weighted by molar-refractivity contribution is 0.0526. The van der Waals surface area contributed by atoms with Gasteiger partial charge in [0, 0.05) is 18.3 Å². The number of aromatic nitrogens is 1. The van der Waals surface area contributed by atoms with Gasteiger partial charge in [0.05, 0.1) is 24.8 Å². The van der Waals surface area contributed by atoms with Gasteiger partial charge in [0.1, 0.15) is 5.75 Å². The number of methoxy groups -OCH3 is 1. The Balaban J connectivity index is 2.59. The average Bonchev–Trinajstić information content (AvgIpc) is 2.38. The van der Waals surface area contributed by atoms with Gasteiger partial charge in [0.15, 0.2) is 0 Å². The summed E-state index contributed by atoms with van der Waals surface area (Å²) >= 11 is 0. The van der Waals surface area contributed by atoms with Crippen LogP contribution >= 0.6 is 0 Å². The molecule has 0 aliphatic carbocycles. The van der Waals surface area contributed by atoms with Gasteiger partial charge >= 0.3 is 5.97 Å². The lowest BCUT2D eigenvalue weighted by atomic mass is 10.2. The third-order valence-electron chi connectivity index (χ3n) is 2.52. The van der Waals surface area contributed by atoms with Crippen molar-refractivity contribution in [2.45, 2.75) is 6.92 Å². The normalized spacial score (nSPS) is 10.3. The first-order valence-corrected chi connectivity index (χ1v) is 5.53. The molecule has 0 aromatic carbocycles. The Morgan fingerprint density at radius 1 is 1.33 bits per heavy atom. The Kier molecular flexibility index (Phi) is 3.32. The summed E-state index contributed by atoms with van der Waals surface area (Å²) in [6.07, 6.45) is 1.60. The molecule has 0 unspecified atom stereocenters. The first-order valence-electron chi connectivity index (χ1n) is 5.53. The summed E-state index contributed by atoms with van der Waals surface area (Å²) in [6.45, 7) is 1.99. The maximum absolute atomic E-state index is 11.8. The predicted molar refractivity (Wildman–Crippen MR) is 66.2 cm³/mol. The highest BCUT2D eigenvalue weighted by Crippen LogP contribution is 2.14. The molecule has 2 heterocycles. The Bertz CT molecular complexity index is 645. The van der Waals surface area contributed by atoms with Crippen LogP contribution in [0.25, 0.3) is 5.52 Å². The molecule has 0 N–H and O–H groups in total. The van der Waals surface area contributed by atoms with Crippen molar-refractivity contribution >= 4 is 11.5 Å². The molecule has 2 aromatic rings. The minimum Gasteiger partial charge on any atom is -0.497 e. The van der Waals surface area contributed by atoms with Gasteiger partial charge in [-0.1, -0.05) is 0 Å². The summed E-state index contributed by atoms with van der Waals surface area (Å²) in [4.78, 5) is 23.4. The second-order valence-corrected chi connectivity index (χ2v) is 3.66. The molecule has 0 fully saturated rings. The van der Waals surface area contributed by atoms with E-state index < -0.39 is 5.97 Å². The average molecular weight is 247 g/mol. The van der Waals surface area contributed by atoms with Gasteiger partial charge in [0.2, 0.25) is 0 Å². The van der Waals surface area contributed by atoms with E-state index in [0.717, 1.165) is 0 Å². The van der Waals surface area contributed by atoms with Gasteiger partial charge in [-0.3, -0.25) is 9.20 Å². The van der Waals surface area contributed by atoms with Crippen LogP contribution in [0, 0.1) is 0 Å². The molecular formula is C13H13NO4. The second-order valence-electron chi connectivity index (χ2n) is 3.66. The molecule has 0 radical (unpaired) electrons. The van der Waals surface area contributed by atoms with E-state index in [9.17, 15) is 9.59 Å². The number of fused-ring (bicyclic) bond motifs is 1. The third-order valence-corrected chi connectivity index (χ3v) is 2.52. The van der Waals surface area contributed by atoms with E-state index >= 15 is 0 Å². The van der Waals surface area contributed by atoms with E-state index in [0.29, 0.717) is 11.3 Å². The second kappa shape index (κ2) is 4.91. The smallest absolute Gasteiger partial charge is 0.338 e. The number of pyridine rings is 2. The van der Waals surface area contributed by atoms with Crippen molar-refractivity contribution in [1.29, 1.82) is 0 Å². The zero-order valence-electron chi connectivity index (χ0n) is 10.2. The van der Waals surface area contributed by atoms with Crippen LogP contribution in [0.5, 0.6) is 5.75 Å². The molecular weight excluding hydrogens is 234 g/mol. The Hall–Kier alpha value is -2.30. The van der Waals surface area contributed by atoms with Crippen molar-refractivity contribution in [1.82, 2.24) is 4.40 Å². The Morgan fingerprint density at radius 2 is 2.11 bits per heavy atom. The van der Waals surface area contributed by atoms with Crippen molar-refractivity contribution in [2.24, 2.45) is 0 Å². The zero-order chi connectivity index (χ0) is 13.1. The van der Waals surface area contributed by atoms with Crippen molar-refractivity contribution in [2.75, 3.05) is 13.7 Å². The van der Waals surface area contributed by atoms with Crippen LogP contribution in [0.3, 0.4) is 0 Å². The predicted octanol–water partition coefficient (Wildman–Crippen LogP) is 1.48. The summed E-state index contributed by atoms with van der Waals surface area (Å²) in [5.74, 6) is 0.121. The summed E-state index contributed by atoms with van der Waals surface area (Å²) in [5, 5.41) is 0. The summed E-state index contributed by atoms with van der Waals surface area (Å²) in [5.41, 5.74) is 0.554.